The molecule has 10 atom stereocenters. The van der Waals surface area contributed by atoms with Gasteiger partial charge < -0.3 is 74.8 Å². The molecule has 0 bridgehead atoms. The average molecular weight is 939 g/mol. The molecule has 1 aromatic rings. The van der Waals surface area contributed by atoms with Crippen LogP contribution in [0.15, 0.2) is 29.5 Å². The summed E-state index contributed by atoms with van der Waals surface area (Å²) in [4.78, 5) is 113. The molecule has 24 nitrogen and oxygen atoms in total. The highest BCUT2D eigenvalue weighted by Crippen LogP contribution is 2.13. The third kappa shape index (κ3) is 21.3. The summed E-state index contributed by atoms with van der Waals surface area (Å²) in [5.74, 6) is -8.96. The number of hydrogen-bond donors (Lipinski definition) is 14. The first-order chi connectivity index (χ1) is 30.4. The van der Waals surface area contributed by atoms with Gasteiger partial charge in [0.15, 0.2) is 5.96 Å². The average Bonchev–Trinajstić information content (AvgIpc) is 3.24. The molecule has 7 amide bonds. The lowest BCUT2D eigenvalue weighted by Gasteiger charge is -2.30. The molecule has 0 fully saturated rings. The summed E-state index contributed by atoms with van der Waals surface area (Å²) in [5, 5.41) is 56.7. The summed E-state index contributed by atoms with van der Waals surface area (Å²) in [6.45, 7) is 9.89. The Bertz CT molecular complexity index is 1760. The number of aliphatic imine (C=N–C) groups is 1. The van der Waals surface area contributed by atoms with Crippen LogP contribution in [0.25, 0.3) is 0 Å². The molecule has 0 saturated heterocycles. The van der Waals surface area contributed by atoms with E-state index in [9.17, 15) is 58.8 Å². The molecular weight excluding hydrogens is 865 g/mol. The molecule has 374 valence electrons. The first kappa shape index (κ1) is 60.0. The van der Waals surface area contributed by atoms with Crippen LogP contribution in [0.2, 0.25) is 0 Å². The number of aliphatic hydroxyl groups excluding tert-OH is 3. The third-order valence-corrected chi connectivity index (χ3v) is 10.2. The van der Waals surface area contributed by atoms with Gasteiger partial charge in [0, 0.05) is 25.4 Å². The van der Waals surface area contributed by atoms with Crippen LogP contribution in [-0.2, 0) is 44.8 Å². The van der Waals surface area contributed by atoms with Crippen LogP contribution in [0.5, 0.6) is 0 Å². The van der Waals surface area contributed by atoms with Gasteiger partial charge in [-0.05, 0) is 55.6 Å². The van der Waals surface area contributed by atoms with Crippen LogP contribution in [0, 0.1) is 17.8 Å². The van der Waals surface area contributed by atoms with Gasteiger partial charge in [0.1, 0.15) is 42.3 Å². The van der Waals surface area contributed by atoms with E-state index in [0.717, 1.165) is 0 Å². The van der Waals surface area contributed by atoms with Crippen molar-refractivity contribution in [2.75, 3.05) is 19.7 Å². The monoisotopic (exact) mass is 939 g/mol. The normalized spacial score (nSPS) is 15.6. The SMILES string of the molecule is C.CC[C@H](C)[C@H](NC(=O)[C@@H](CCCN=C(N)N)NC(=O)[C@H](CC(C)C)NC(=O)[C@@H](N)[C@H](O)C(C)C)C(=O)N[C@H](C(=O)NCC(=O)N[C@@H](Cc1cccnc1)C(=O)N[C@@H](CO)C(=O)O)[C@H](C)O. The molecule has 1 aromatic heterocycles. The Hall–Kier alpha value is -5.98. The van der Waals surface area contributed by atoms with Crippen LogP contribution in [0.1, 0.15) is 87.1 Å². The number of guanidine groups is 1. The maximum atomic E-state index is 14.0. The van der Waals surface area contributed by atoms with E-state index in [1.54, 1.807) is 39.8 Å². The third-order valence-electron chi connectivity index (χ3n) is 10.2. The highest BCUT2D eigenvalue weighted by atomic mass is 16.4. The minimum absolute atomic E-state index is 0. The van der Waals surface area contributed by atoms with Gasteiger partial charge in [-0.25, -0.2) is 4.79 Å². The summed E-state index contributed by atoms with van der Waals surface area (Å²) in [7, 11) is 0. The molecule has 1 heterocycles. The number of carboxylic acids is 1. The van der Waals surface area contributed by atoms with Gasteiger partial charge in [-0.15, -0.1) is 0 Å². The Morgan fingerprint density at radius 1 is 0.758 bits per heavy atom. The molecule has 0 saturated carbocycles. The van der Waals surface area contributed by atoms with E-state index in [0.29, 0.717) is 12.0 Å². The second-order valence-corrected chi connectivity index (χ2v) is 16.5. The van der Waals surface area contributed by atoms with E-state index < -0.39 is 121 Å². The van der Waals surface area contributed by atoms with E-state index >= 15 is 0 Å². The number of rotatable bonds is 29. The summed E-state index contributed by atoms with van der Waals surface area (Å²) >= 11 is 0. The highest BCUT2D eigenvalue weighted by molar-refractivity contribution is 5.97. The zero-order chi connectivity index (χ0) is 49.6. The zero-order valence-electron chi connectivity index (χ0n) is 38.1. The Kier molecular flexibility index (Phi) is 27.5. The van der Waals surface area contributed by atoms with Gasteiger partial charge in [0.25, 0.3) is 0 Å². The fourth-order valence-corrected chi connectivity index (χ4v) is 6.13. The summed E-state index contributed by atoms with van der Waals surface area (Å²) < 4.78 is 0. The van der Waals surface area contributed by atoms with E-state index in [2.05, 4.69) is 47.2 Å². The van der Waals surface area contributed by atoms with Gasteiger partial charge >= 0.3 is 5.97 Å². The zero-order valence-corrected chi connectivity index (χ0v) is 38.1. The van der Waals surface area contributed by atoms with Crippen molar-refractivity contribution < 1.29 is 58.8 Å². The first-order valence-corrected chi connectivity index (χ1v) is 21.4. The van der Waals surface area contributed by atoms with Gasteiger partial charge in [0.2, 0.25) is 41.4 Å². The maximum absolute atomic E-state index is 14.0. The van der Waals surface area contributed by atoms with Crippen molar-refractivity contribution in [3.05, 3.63) is 30.1 Å². The van der Waals surface area contributed by atoms with Crippen molar-refractivity contribution in [1.29, 1.82) is 0 Å². The molecule has 0 aliphatic heterocycles. The van der Waals surface area contributed by atoms with Crippen molar-refractivity contribution in [2.24, 2.45) is 39.9 Å². The molecule has 66 heavy (non-hydrogen) atoms. The standard InChI is InChI=1S/C41H70N12O12.CH4/c1-8-22(6)31(52-34(58)25(12-10-14-46-41(43)44)49-35(59)26(15-20(2)3)50-37(61)30(42)33(57)21(4)5)39(63)53-32(23(7)55)38(62)47-18-29(56)48-27(16-24-11-9-13-45-17-24)36(60)51-28(19-54)40(64)65;/h9,11,13,17,20-23,25-28,30-33,54-55,57H,8,10,12,14-16,18-19,42H2,1-7H3,(H,47,62)(H,48,56)(H,49,59)(H,50,61)(H,51,60)(H,52,58)(H,53,63)(H,64,65)(H4,43,44,46);1H4/t22-,23-,25+,26-,27-,28-,30-,31-,32-,33+;/m0./s1. The Morgan fingerprint density at radius 2 is 1.33 bits per heavy atom. The fourth-order valence-electron chi connectivity index (χ4n) is 6.13. The fraction of sp³-hybridized carbons (Fsp3) is 0.667. The summed E-state index contributed by atoms with van der Waals surface area (Å²) in [6, 6.07) is -6.74. The number of nitrogens with zero attached hydrogens (tertiary/aromatic N) is 2. The lowest BCUT2D eigenvalue weighted by Crippen LogP contribution is -2.62. The van der Waals surface area contributed by atoms with Crippen LogP contribution in [0.3, 0.4) is 0 Å². The number of hydrogen-bond acceptors (Lipinski definition) is 14. The number of amides is 7. The quantitative estimate of drug-likeness (QED) is 0.0208. The predicted molar refractivity (Wildman–Crippen MR) is 243 cm³/mol. The predicted octanol–water partition coefficient (Wildman–Crippen LogP) is -3.77. The van der Waals surface area contributed by atoms with Gasteiger partial charge in [-0.3, -0.25) is 43.5 Å². The maximum Gasteiger partial charge on any atom is 0.328 e. The summed E-state index contributed by atoms with van der Waals surface area (Å²) in [5.41, 5.74) is 17.4. The number of aliphatic carboxylic acids is 1. The molecule has 0 aromatic carbocycles. The Balaban J connectivity index is 0.0000422. The summed E-state index contributed by atoms with van der Waals surface area (Å²) in [6.07, 6.45) is 0.588. The number of pyridine rings is 1. The second kappa shape index (κ2) is 30.3. The van der Waals surface area contributed by atoms with Crippen LogP contribution in [-0.4, -0.2) is 153 Å². The van der Waals surface area contributed by atoms with Gasteiger partial charge in [-0.2, -0.15) is 0 Å². The minimum Gasteiger partial charge on any atom is -0.480 e. The Labute approximate surface area is 385 Å². The van der Waals surface area contributed by atoms with Gasteiger partial charge in [0.05, 0.1) is 25.4 Å². The molecule has 24 heteroatoms. The molecule has 1 rings (SSSR count). The molecular formula is C42H74N12O12. The smallest absolute Gasteiger partial charge is 0.328 e. The first-order valence-electron chi connectivity index (χ1n) is 21.4. The molecule has 0 radical (unpaired) electrons. The number of carbonyl (C=O) groups excluding carboxylic acids is 7. The number of nitrogens with two attached hydrogens (primary N) is 3. The topological polar surface area (TPSA) is 405 Å². The lowest BCUT2D eigenvalue weighted by atomic mass is 9.96. The number of aliphatic hydroxyl groups is 3. The number of carboxylic acid groups (broad SMARTS) is 1. The lowest BCUT2D eigenvalue weighted by molar-refractivity contribution is -0.143. The second-order valence-electron chi connectivity index (χ2n) is 16.5. The van der Waals surface area contributed by atoms with E-state index in [-0.39, 0.29) is 57.5 Å². The van der Waals surface area contributed by atoms with E-state index in [1.165, 1.54) is 19.3 Å². The van der Waals surface area contributed by atoms with E-state index in [1.807, 2.05) is 13.8 Å². The van der Waals surface area contributed by atoms with Crippen LogP contribution >= 0.6 is 0 Å². The van der Waals surface area contributed by atoms with Crippen LogP contribution in [0.4, 0.5) is 0 Å². The minimum atomic E-state index is -1.68. The van der Waals surface area contributed by atoms with Crippen molar-refractivity contribution in [3.8, 4) is 0 Å². The largest absolute Gasteiger partial charge is 0.480 e. The van der Waals surface area contributed by atoms with Crippen molar-refractivity contribution >= 4 is 53.3 Å². The van der Waals surface area contributed by atoms with Crippen LogP contribution < -0.4 is 54.4 Å². The van der Waals surface area contributed by atoms with Crippen molar-refractivity contribution in [2.45, 2.75) is 142 Å². The molecule has 0 unspecified atom stereocenters. The van der Waals surface area contributed by atoms with E-state index in [4.69, 9.17) is 17.2 Å². The van der Waals surface area contributed by atoms with Crippen molar-refractivity contribution in [1.82, 2.24) is 42.2 Å². The number of nitrogens with one attached hydrogen (secondary N) is 7. The number of carbonyl (C=O) groups is 8. The molecule has 0 spiro atoms. The molecule has 0 aliphatic rings. The number of aromatic nitrogens is 1. The molecule has 17 N–H and O–H groups in total. The Morgan fingerprint density at radius 3 is 1.85 bits per heavy atom. The molecule has 0 aliphatic carbocycles. The van der Waals surface area contributed by atoms with Crippen molar-refractivity contribution in [3.63, 3.8) is 0 Å². The highest BCUT2D eigenvalue weighted by Gasteiger charge is 2.36. The van der Waals surface area contributed by atoms with Gasteiger partial charge in [-0.1, -0.05) is 61.5 Å².